The van der Waals surface area contributed by atoms with Gasteiger partial charge in [-0.15, -0.1) is 0 Å². The standard InChI is InChI=1S/C14H20FNO/c1-10(2)17-14(9-16-11-7-8-11)12-5-3-4-6-13(12)15/h3-6,10-11,14,16H,7-9H2,1-2H3. The minimum Gasteiger partial charge on any atom is -0.369 e. The molecule has 17 heavy (non-hydrogen) atoms. The number of hydrogen-bond donors (Lipinski definition) is 1. The van der Waals surface area contributed by atoms with E-state index in [0.29, 0.717) is 18.2 Å². The molecule has 0 heterocycles. The van der Waals surface area contributed by atoms with E-state index < -0.39 is 0 Å². The molecule has 2 rings (SSSR count). The second-order valence-electron chi connectivity index (χ2n) is 4.88. The quantitative estimate of drug-likeness (QED) is 0.821. The maximum absolute atomic E-state index is 13.7. The lowest BCUT2D eigenvalue weighted by atomic mass is 10.1. The number of benzene rings is 1. The molecule has 1 aromatic rings. The predicted molar refractivity (Wildman–Crippen MR) is 66.4 cm³/mol. The summed E-state index contributed by atoms with van der Waals surface area (Å²) in [6, 6.07) is 7.46. The molecule has 1 atom stereocenters. The van der Waals surface area contributed by atoms with Gasteiger partial charge in [0.25, 0.3) is 0 Å². The molecule has 0 saturated heterocycles. The van der Waals surface area contributed by atoms with Crippen molar-refractivity contribution in [2.24, 2.45) is 0 Å². The van der Waals surface area contributed by atoms with Crippen molar-refractivity contribution in [1.82, 2.24) is 5.32 Å². The Kier molecular flexibility index (Phi) is 4.13. The smallest absolute Gasteiger partial charge is 0.129 e. The van der Waals surface area contributed by atoms with Crippen molar-refractivity contribution in [3.63, 3.8) is 0 Å². The molecule has 94 valence electrons. The van der Waals surface area contributed by atoms with Crippen LogP contribution in [0.4, 0.5) is 4.39 Å². The van der Waals surface area contributed by atoms with Gasteiger partial charge in [0.2, 0.25) is 0 Å². The second-order valence-corrected chi connectivity index (χ2v) is 4.88. The Balaban J connectivity index is 2.04. The predicted octanol–water partition coefficient (Wildman–Crippen LogP) is 3.04. The van der Waals surface area contributed by atoms with Gasteiger partial charge in [-0.05, 0) is 32.8 Å². The summed E-state index contributed by atoms with van der Waals surface area (Å²) in [5.74, 6) is -0.184. The molecule has 1 N–H and O–H groups in total. The van der Waals surface area contributed by atoms with Crippen LogP contribution in [0.3, 0.4) is 0 Å². The van der Waals surface area contributed by atoms with Crippen LogP contribution in [-0.2, 0) is 4.74 Å². The third-order valence-corrected chi connectivity index (χ3v) is 2.86. The summed E-state index contributed by atoms with van der Waals surface area (Å²) in [5, 5.41) is 3.40. The molecule has 0 radical (unpaired) electrons. The van der Waals surface area contributed by atoms with E-state index in [0.717, 1.165) is 0 Å². The van der Waals surface area contributed by atoms with E-state index in [9.17, 15) is 4.39 Å². The highest BCUT2D eigenvalue weighted by Crippen LogP contribution is 2.24. The van der Waals surface area contributed by atoms with E-state index in [2.05, 4.69) is 5.32 Å². The number of hydrogen-bond acceptors (Lipinski definition) is 2. The van der Waals surface area contributed by atoms with Crippen LogP contribution in [-0.4, -0.2) is 18.7 Å². The third kappa shape index (κ3) is 3.79. The van der Waals surface area contributed by atoms with Gasteiger partial charge in [0.05, 0.1) is 12.2 Å². The maximum Gasteiger partial charge on any atom is 0.129 e. The fourth-order valence-corrected chi connectivity index (χ4v) is 1.86. The molecule has 1 saturated carbocycles. The first kappa shape index (κ1) is 12.5. The van der Waals surface area contributed by atoms with Crippen LogP contribution in [0.1, 0.15) is 38.4 Å². The monoisotopic (exact) mass is 237 g/mol. The Bertz CT molecular complexity index is 363. The van der Waals surface area contributed by atoms with E-state index in [1.165, 1.54) is 18.9 Å². The number of ether oxygens (including phenoxy) is 1. The zero-order valence-electron chi connectivity index (χ0n) is 10.4. The highest BCUT2D eigenvalue weighted by Gasteiger charge is 2.24. The minimum atomic E-state index is -0.197. The van der Waals surface area contributed by atoms with Gasteiger partial charge in [0.15, 0.2) is 0 Å². The van der Waals surface area contributed by atoms with Crippen LogP contribution in [0.25, 0.3) is 0 Å². The number of rotatable bonds is 6. The van der Waals surface area contributed by atoms with Gasteiger partial charge in [-0.3, -0.25) is 0 Å². The SMILES string of the molecule is CC(C)OC(CNC1CC1)c1ccccc1F. The van der Waals surface area contributed by atoms with Crippen molar-refractivity contribution < 1.29 is 9.13 Å². The van der Waals surface area contributed by atoms with E-state index >= 15 is 0 Å². The van der Waals surface area contributed by atoms with Gasteiger partial charge in [-0.1, -0.05) is 18.2 Å². The molecular weight excluding hydrogens is 217 g/mol. The van der Waals surface area contributed by atoms with Crippen LogP contribution in [0.2, 0.25) is 0 Å². The van der Waals surface area contributed by atoms with Crippen LogP contribution in [0.5, 0.6) is 0 Å². The summed E-state index contributed by atoms with van der Waals surface area (Å²) in [6.07, 6.45) is 2.36. The lowest BCUT2D eigenvalue weighted by Gasteiger charge is -2.21. The van der Waals surface area contributed by atoms with Gasteiger partial charge in [-0.2, -0.15) is 0 Å². The Hall–Kier alpha value is -0.930. The largest absolute Gasteiger partial charge is 0.369 e. The van der Waals surface area contributed by atoms with Gasteiger partial charge in [0, 0.05) is 18.2 Å². The number of halogens is 1. The molecule has 0 aromatic heterocycles. The Morgan fingerprint density at radius 2 is 2.06 bits per heavy atom. The van der Waals surface area contributed by atoms with E-state index in [4.69, 9.17) is 4.74 Å². The van der Waals surface area contributed by atoms with Crippen molar-refractivity contribution in [2.45, 2.75) is 44.9 Å². The summed E-state index contributed by atoms with van der Waals surface area (Å²) in [4.78, 5) is 0. The van der Waals surface area contributed by atoms with Crippen molar-refractivity contribution in [3.05, 3.63) is 35.6 Å². The fourth-order valence-electron chi connectivity index (χ4n) is 1.86. The molecule has 0 amide bonds. The summed E-state index contributed by atoms with van der Waals surface area (Å²) >= 11 is 0. The summed E-state index contributed by atoms with van der Waals surface area (Å²) in [5.41, 5.74) is 0.648. The first-order valence-electron chi connectivity index (χ1n) is 6.30. The highest BCUT2D eigenvalue weighted by molar-refractivity contribution is 5.20. The van der Waals surface area contributed by atoms with Crippen molar-refractivity contribution in [2.75, 3.05) is 6.54 Å². The molecule has 0 aliphatic heterocycles. The Morgan fingerprint density at radius 3 is 2.65 bits per heavy atom. The van der Waals surface area contributed by atoms with Gasteiger partial charge < -0.3 is 10.1 Å². The molecule has 0 bridgehead atoms. The summed E-state index contributed by atoms with van der Waals surface area (Å²) in [6.45, 7) is 4.64. The molecule has 1 fully saturated rings. The molecule has 0 spiro atoms. The molecule has 2 nitrogen and oxygen atoms in total. The third-order valence-electron chi connectivity index (χ3n) is 2.86. The lowest BCUT2D eigenvalue weighted by Crippen LogP contribution is -2.27. The van der Waals surface area contributed by atoms with Gasteiger partial charge >= 0.3 is 0 Å². The van der Waals surface area contributed by atoms with Crippen LogP contribution < -0.4 is 5.32 Å². The average Bonchev–Trinajstić information content (AvgIpc) is 3.08. The molecule has 1 unspecified atom stereocenters. The lowest BCUT2D eigenvalue weighted by molar-refractivity contribution is 0.00506. The Morgan fingerprint density at radius 1 is 1.35 bits per heavy atom. The zero-order valence-corrected chi connectivity index (χ0v) is 10.4. The first-order valence-corrected chi connectivity index (χ1v) is 6.30. The topological polar surface area (TPSA) is 21.3 Å². The van der Waals surface area contributed by atoms with Crippen molar-refractivity contribution in [3.8, 4) is 0 Å². The van der Waals surface area contributed by atoms with Gasteiger partial charge in [0.1, 0.15) is 5.82 Å². The van der Waals surface area contributed by atoms with Crippen molar-refractivity contribution >= 4 is 0 Å². The summed E-state index contributed by atoms with van der Waals surface area (Å²) in [7, 11) is 0. The van der Waals surface area contributed by atoms with Crippen LogP contribution >= 0.6 is 0 Å². The van der Waals surface area contributed by atoms with E-state index in [1.54, 1.807) is 12.1 Å². The van der Waals surface area contributed by atoms with E-state index in [1.807, 2.05) is 19.9 Å². The first-order chi connectivity index (χ1) is 8.16. The fraction of sp³-hybridized carbons (Fsp3) is 0.571. The van der Waals surface area contributed by atoms with Crippen LogP contribution in [0, 0.1) is 5.82 Å². The average molecular weight is 237 g/mol. The minimum absolute atomic E-state index is 0.0978. The van der Waals surface area contributed by atoms with Gasteiger partial charge in [-0.25, -0.2) is 4.39 Å². The number of nitrogens with one attached hydrogen (secondary N) is 1. The zero-order chi connectivity index (χ0) is 12.3. The molecular formula is C14H20FNO. The highest BCUT2D eigenvalue weighted by atomic mass is 19.1. The summed E-state index contributed by atoms with van der Waals surface area (Å²) < 4.78 is 19.5. The van der Waals surface area contributed by atoms with Crippen LogP contribution in [0.15, 0.2) is 24.3 Å². The van der Waals surface area contributed by atoms with Crippen molar-refractivity contribution in [1.29, 1.82) is 0 Å². The Labute approximate surface area is 102 Å². The van der Waals surface area contributed by atoms with E-state index in [-0.39, 0.29) is 18.0 Å². The second kappa shape index (κ2) is 5.61. The maximum atomic E-state index is 13.7. The molecule has 1 aliphatic carbocycles. The molecule has 1 aromatic carbocycles. The normalized spacial score (nSPS) is 17.4. The molecule has 3 heteroatoms. The molecule has 1 aliphatic rings.